The molecule has 60 valence electrons. The van der Waals surface area contributed by atoms with Gasteiger partial charge in [0.05, 0.1) is 0 Å². The summed E-state index contributed by atoms with van der Waals surface area (Å²) >= 11 is 6.85. The summed E-state index contributed by atoms with van der Waals surface area (Å²) < 4.78 is 1.25. The van der Waals surface area contributed by atoms with Gasteiger partial charge in [-0.25, -0.2) is 0 Å². The van der Waals surface area contributed by atoms with Gasteiger partial charge in [0.25, 0.3) is 0 Å². The van der Waals surface area contributed by atoms with Crippen LogP contribution in [0.5, 0.6) is 0 Å². The number of rotatable bonds is 1. The Morgan fingerprint density at radius 1 is 1.27 bits per heavy atom. The van der Waals surface area contributed by atoms with Crippen molar-refractivity contribution in [3.63, 3.8) is 0 Å². The number of thiol groups is 1. The summed E-state index contributed by atoms with van der Waals surface area (Å²) in [6.07, 6.45) is 0. The minimum Gasteiger partial charge on any atom is -0.168 e. The summed E-state index contributed by atoms with van der Waals surface area (Å²) in [6.45, 7) is 4.21. The summed E-state index contributed by atoms with van der Waals surface area (Å²) in [7, 11) is 0. The second-order valence-electron chi connectivity index (χ2n) is 3.04. The van der Waals surface area contributed by atoms with E-state index in [4.69, 9.17) is 0 Å². The van der Waals surface area contributed by atoms with Crippen LogP contribution in [0.3, 0.4) is 0 Å². The largest absolute Gasteiger partial charge is 0.168 e. The molecule has 0 aliphatic heterocycles. The lowest BCUT2D eigenvalue weighted by atomic mass is 10.0. The molecule has 0 atom stereocenters. The van der Waals surface area contributed by atoms with Gasteiger partial charge in [0.15, 0.2) is 0 Å². The molecule has 1 aromatic carbocycles. The molecule has 0 aliphatic carbocycles. The van der Waals surface area contributed by atoms with Crippen molar-refractivity contribution in [1.82, 2.24) is 0 Å². The zero-order valence-electron chi connectivity index (χ0n) is 6.63. The minimum atomic E-state index is -0.0300. The van der Waals surface area contributed by atoms with E-state index >= 15 is 0 Å². The van der Waals surface area contributed by atoms with Crippen LogP contribution in [0.2, 0.25) is 0 Å². The van der Waals surface area contributed by atoms with Gasteiger partial charge in [-0.3, -0.25) is 0 Å². The lowest BCUT2D eigenvalue weighted by Crippen LogP contribution is -2.09. The van der Waals surface area contributed by atoms with Crippen LogP contribution in [-0.4, -0.2) is 0 Å². The fraction of sp³-hybridized carbons (Fsp3) is 0.333. The lowest BCUT2D eigenvalue weighted by molar-refractivity contribution is 0.786. The standard InChI is InChI=1S/C9H11IS/c1-9(2,11)7-5-3-4-6-8(7)10/h3-6,11H,1-2H3. The second-order valence-corrected chi connectivity index (χ2v) is 5.32. The first-order valence-electron chi connectivity index (χ1n) is 3.49. The molecule has 0 radical (unpaired) electrons. The van der Waals surface area contributed by atoms with Gasteiger partial charge in [-0.15, -0.1) is 0 Å². The first-order chi connectivity index (χ1) is 5.02. The van der Waals surface area contributed by atoms with E-state index in [-0.39, 0.29) is 4.75 Å². The normalized spacial score (nSPS) is 11.6. The van der Waals surface area contributed by atoms with Crippen LogP contribution in [-0.2, 0) is 4.75 Å². The van der Waals surface area contributed by atoms with Gasteiger partial charge in [-0.05, 0) is 48.1 Å². The Balaban J connectivity index is 3.14. The number of benzene rings is 1. The summed E-state index contributed by atoms with van der Waals surface area (Å²) in [5.41, 5.74) is 1.30. The van der Waals surface area contributed by atoms with E-state index in [9.17, 15) is 0 Å². The molecule has 0 spiro atoms. The molecule has 0 unspecified atom stereocenters. The molecular weight excluding hydrogens is 267 g/mol. The Bertz CT molecular complexity index is 250. The first kappa shape index (κ1) is 9.39. The molecule has 1 aromatic rings. The molecule has 1 rings (SSSR count). The average Bonchev–Trinajstić information content (AvgIpc) is 1.86. The van der Waals surface area contributed by atoms with E-state index < -0.39 is 0 Å². The number of hydrogen-bond donors (Lipinski definition) is 1. The number of halogens is 1. The third kappa shape index (κ3) is 2.37. The molecule has 0 saturated carbocycles. The fourth-order valence-corrected chi connectivity index (χ4v) is 2.43. The molecule has 2 heteroatoms. The average molecular weight is 278 g/mol. The molecule has 0 N–H and O–H groups in total. The minimum absolute atomic E-state index is 0.0300. The summed E-state index contributed by atoms with van der Waals surface area (Å²) in [6, 6.07) is 8.32. The van der Waals surface area contributed by atoms with Crippen molar-refractivity contribution in [2.24, 2.45) is 0 Å². The van der Waals surface area contributed by atoms with Crippen molar-refractivity contribution in [3.8, 4) is 0 Å². The maximum atomic E-state index is 4.51. The predicted octanol–water partition coefficient (Wildman–Crippen LogP) is 3.46. The zero-order valence-corrected chi connectivity index (χ0v) is 9.69. The van der Waals surface area contributed by atoms with Gasteiger partial charge in [-0.1, -0.05) is 18.2 Å². The van der Waals surface area contributed by atoms with E-state index in [1.54, 1.807) is 0 Å². The third-order valence-corrected chi connectivity index (χ3v) is 2.71. The Kier molecular flexibility index (Phi) is 2.86. The van der Waals surface area contributed by atoms with Crippen LogP contribution < -0.4 is 0 Å². The van der Waals surface area contributed by atoms with Crippen molar-refractivity contribution in [2.75, 3.05) is 0 Å². The molecule has 0 aromatic heterocycles. The van der Waals surface area contributed by atoms with Gasteiger partial charge in [0, 0.05) is 8.32 Å². The molecule has 0 saturated heterocycles. The summed E-state index contributed by atoms with van der Waals surface area (Å²) in [5, 5.41) is 0. The predicted molar refractivity (Wildman–Crippen MR) is 61.2 cm³/mol. The Labute approximate surface area is 86.9 Å². The quantitative estimate of drug-likeness (QED) is 0.590. The van der Waals surface area contributed by atoms with Crippen LogP contribution >= 0.6 is 35.2 Å². The topological polar surface area (TPSA) is 0 Å². The Morgan fingerprint density at radius 2 is 1.82 bits per heavy atom. The maximum absolute atomic E-state index is 4.51. The SMILES string of the molecule is CC(C)(S)c1ccccc1I. The van der Waals surface area contributed by atoms with Crippen molar-refractivity contribution in [3.05, 3.63) is 33.4 Å². The Morgan fingerprint density at radius 3 is 2.18 bits per heavy atom. The van der Waals surface area contributed by atoms with Crippen molar-refractivity contribution < 1.29 is 0 Å². The zero-order chi connectivity index (χ0) is 8.48. The van der Waals surface area contributed by atoms with Crippen molar-refractivity contribution in [1.29, 1.82) is 0 Å². The van der Waals surface area contributed by atoms with Gasteiger partial charge in [0.1, 0.15) is 0 Å². The molecule has 0 nitrogen and oxygen atoms in total. The highest BCUT2D eigenvalue weighted by Gasteiger charge is 2.16. The maximum Gasteiger partial charge on any atom is 0.0332 e. The van der Waals surface area contributed by atoms with Gasteiger partial charge in [-0.2, -0.15) is 12.6 Å². The monoisotopic (exact) mass is 278 g/mol. The van der Waals surface area contributed by atoms with Gasteiger partial charge in [0.2, 0.25) is 0 Å². The van der Waals surface area contributed by atoms with E-state index in [0.29, 0.717) is 0 Å². The highest BCUT2D eigenvalue weighted by Crippen LogP contribution is 2.30. The Hall–Kier alpha value is 0.300. The van der Waals surface area contributed by atoms with E-state index in [1.807, 2.05) is 6.07 Å². The van der Waals surface area contributed by atoms with E-state index in [1.165, 1.54) is 9.13 Å². The van der Waals surface area contributed by atoms with Gasteiger partial charge < -0.3 is 0 Å². The molecule has 0 aliphatic rings. The van der Waals surface area contributed by atoms with Crippen LogP contribution in [0.4, 0.5) is 0 Å². The fourth-order valence-electron chi connectivity index (χ4n) is 0.957. The van der Waals surface area contributed by atoms with E-state index in [2.05, 4.69) is 67.3 Å². The molecular formula is C9H11IS. The van der Waals surface area contributed by atoms with Crippen molar-refractivity contribution >= 4 is 35.2 Å². The van der Waals surface area contributed by atoms with Crippen molar-refractivity contribution in [2.45, 2.75) is 18.6 Å². The van der Waals surface area contributed by atoms with Crippen LogP contribution in [0.1, 0.15) is 19.4 Å². The highest BCUT2D eigenvalue weighted by atomic mass is 127. The van der Waals surface area contributed by atoms with Crippen LogP contribution in [0.15, 0.2) is 24.3 Å². The van der Waals surface area contributed by atoms with Crippen LogP contribution in [0.25, 0.3) is 0 Å². The molecule has 0 fully saturated rings. The first-order valence-corrected chi connectivity index (χ1v) is 5.02. The summed E-state index contributed by atoms with van der Waals surface area (Å²) in [5.74, 6) is 0. The summed E-state index contributed by atoms with van der Waals surface area (Å²) in [4.78, 5) is 0. The third-order valence-electron chi connectivity index (χ3n) is 1.53. The number of hydrogen-bond acceptors (Lipinski definition) is 1. The van der Waals surface area contributed by atoms with Crippen LogP contribution in [0, 0.1) is 3.57 Å². The highest BCUT2D eigenvalue weighted by molar-refractivity contribution is 14.1. The smallest absolute Gasteiger partial charge is 0.0332 e. The van der Waals surface area contributed by atoms with E-state index in [0.717, 1.165) is 0 Å². The van der Waals surface area contributed by atoms with Gasteiger partial charge >= 0.3 is 0 Å². The molecule has 0 amide bonds. The lowest BCUT2D eigenvalue weighted by Gasteiger charge is -2.19. The molecule has 0 bridgehead atoms. The second kappa shape index (κ2) is 3.35. The molecule has 11 heavy (non-hydrogen) atoms. The molecule has 0 heterocycles.